The summed E-state index contributed by atoms with van der Waals surface area (Å²) in [5.74, 6) is -1.30. The van der Waals surface area contributed by atoms with Crippen LogP contribution in [0.3, 0.4) is 0 Å². The first-order chi connectivity index (χ1) is 9.81. The fraction of sp³-hybridized carbons (Fsp3) is 0.786. The zero-order valence-electron chi connectivity index (χ0n) is 13.0. The molecule has 2 N–H and O–H groups in total. The molecule has 1 fully saturated rings. The summed E-state index contributed by atoms with van der Waals surface area (Å²) in [5.41, 5.74) is 0. The molecular formula is C14H24N2O5. The van der Waals surface area contributed by atoms with Gasteiger partial charge in [-0.2, -0.15) is 0 Å². The number of nitrogens with zero attached hydrogens (tertiary/aromatic N) is 1. The first kappa shape index (κ1) is 17.4. The zero-order chi connectivity index (χ0) is 16.2. The fourth-order valence-corrected chi connectivity index (χ4v) is 2.46. The third-order valence-electron chi connectivity index (χ3n) is 3.95. The van der Waals surface area contributed by atoms with Gasteiger partial charge in [0.25, 0.3) is 0 Å². The summed E-state index contributed by atoms with van der Waals surface area (Å²) in [5, 5.41) is 12.3. The van der Waals surface area contributed by atoms with Crippen LogP contribution in [0.1, 0.15) is 33.6 Å². The Kier molecular flexibility index (Phi) is 6.14. The Labute approximate surface area is 124 Å². The zero-order valence-corrected chi connectivity index (χ0v) is 13.0. The summed E-state index contributed by atoms with van der Waals surface area (Å²) in [7, 11) is 1.27. The number of nitrogens with one attached hydrogen (secondary N) is 1. The maximum Gasteiger partial charge on any atom is 0.328 e. The van der Waals surface area contributed by atoms with E-state index in [9.17, 15) is 19.5 Å². The monoisotopic (exact) mass is 300 g/mol. The molecule has 0 aliphatic carbocycles. The van der Waals surface area contributed by atoms with Gasteiger partial charge in [0.2, 0.25) is 11.8 Å². The summed E-state index contributed by atoms with van der Waals surface area (Å²) in [6, 6.07) is -1.49. The van der Waals surface area contributed by atoms with Crippen molar-refractivity contribution in [3.8, 4) is 0 Å². The number of hydrogen-bond acceptors (Lipinski definition) is 5. The average molecular weight is 300 g/mol. The molecule has 0 unspecified atom stereocenters. The van der Waals surface area contributed by atoms with Gasteiger partial charge in [-0.25, -0.2) is 4.79 Å². The molecule has 0 aromatic carbocycles. The van der Waals surface area contributed by atoms with Crippen molar-refractivity contribution in [2.75, 3.05) is 13.7 Å². The largest absolute Gasteiger partial charge is 0.467 e. The highest BCUT2D eigenvalue weighted by Crippen LogP contribution is 2.19. The second kappa shape index (κ2) is 7.40. The van der Waals surface area contributed by atoms with E-state index in [1.165, 1.54) is 18.9 Å². The number of ether oxygens (including phenoxy) is 1. The molecule has 1 aliphatic heterocycles. The van der Waals surface area contributed by atoms with Gasteiger partial charge in [0.1, 0.15) is 12.1 Å². The minimum absolute atomic E-state index is 0.0847. The molecule has 1 saturated heterocycles. The number of carbonyl (C=O) groups excluding carboxylic acids is 3. The van der Waals surface area contributed by atoms with Crippen LogP contribution in [0.4, 0.5) is 0 Å². The lowest BCUT2D eigenvalue weighted by molar-refractivity contribution is -0.147. The molecule has 7 heteroatoms. The number of methoxy groups -OCH3 is 1. The van der Waals surface area contributed by atoms with E-state index in [-0.39, 0.29) is 24.8 Å². The van der Waals surface area contributed by atoms with E-state index in [4.69, 9.17) is 4.74 Å². The van der Waals surface area contributed by atoms with E-state index < -0.39 is 30.1 Å². The van der Waals surface area contributed by atoms with E-state index in [0.29, 0.717) is 6.42 Å². The molecule has 0 bridgehead atoms. The van der Waals surface area contributed by atoms with Crippen molar-refractivity contribution in [2.45, 2.75) is 51.8 Å². The molecule has 21 heavy (non-hydrogen) atoms. The topological polar surface area (TPSA) is 95.9 Å². The van der Waals surface area contributed by atoms with Crippen molar-refractivity contribution in [2.24, 2.45) is 5.92 Å². The van der Waals surface area contributed by atoms with Gasteiger partial charge in [0.15, 0.2) is 0 Å². The number of carbonyl (C=O) groups is 3. The highest BCUT2D eigenvalue weighted by atomic mass is 16.5. The van der Waals surface area contributed by atoms with Crippen LogP contribution in [0.25, 0.3) is 0 Å². The molecule has 0 aromatic rings. The normalized spacial score (nSPS) is 24.3. The number of rotatable bonds is 5. The number of aliphatic hydroxyl groups excluding tert-OH is 1. The van der Waals surface area contributed by atoms with E-state index in [1.54, 1.807) is 0 Å². The molecule has 0 saturated carbocycles. The van der Waals surface area contributed by atoms with E-state index in [1.807, 2.05) is 13.8 Å². The minimum atomic E-state index is -0.751. The minimum Gasteiger partial charge on any atom is -0.467 e. The first-order valence-electron chi connectivity index (χ1n) is 7.15. The van der Waals surface area contributed by atoms with Crippen LogP contribution in [0.15, 0.2) is 0 Å². The highest BCUT2D eigenvalue weighted by Gasteiger charge is 2.39. The van der Waals surface area contributed by atoms with Gasteiger partial charge in [0.05, 0.1) is 13.2 Å². The molecule has 1 heterocycles. The highest BCUT2D eigenvalue weighted by molar-refractivity contribution is 5.90. The Morgan fingerprint density at radius 3 is 2.52 bits per heavy atom. The van der Waals surface area contributed by atoms with Crippen LogP contribution < -0.4 is 5.32 Å². The molecule has 4 atom stereocenters. The number of esters is 1. The lowest BCUT2D eigenvalue weighted by atomic mass is 9.98. The lowest BCUT2D eigenvalue weighted by Crippen LogP contribution is -2.52. The van der Waals surface area contributed by atoms with E-state index >= 15 is 0 Å². The molecular weight excluding hydrogens is 276 g/mol. The van der Waals surface area contributed by atoms with Gasteiger partial charge < -0.3 is 20.1 Å². The molecule has 0 aromatic heterocycles. The summed E-state index contributed by atoms with van der Waals surface area (Å²) in [6.07, 6.45) is 0.161. The Morgan fingerprint density at radius 2 is 2.05 bits per heavy atom. The first-order valence-corrected chi connectivity index (χ1v) is 7.15. The van der Waals surface area contributed by atoms with Crippen LogP contribution in [-0.2, 0) is 19.1 Å². The van der Waals surface area contributed by atoms with Crippen molar-refractivity contribution in [3.63, 3.8) is 0 Å². The van der Waals surface area contributed by atoms with Crippen LogP contribution in [0.5, 0.6) is 0 Å². The van der Waals surface area contributed by atoms with Gasteiger partial charge in [0, 0.05) is 19.9 Å². The van der Waals surface area contributed by atoms with Gasteiger partial charge in [-0.1, -0.05) is 20.3 Å². The predicted octanol–water partition coefficient (Wildman–Crippen LogP) is -0.328. The van der Waals surface area contributed by atoms with Gasteiger partial charge >= 0.3 is 5.97 Å². The standard InChI is InChI=1S/C14H24N2O5/c1-5-8(2)12(14(20)21-4)15-13(19)11-6-10(18)7-16(11)9(3)17/h8,10-12,18H,5-7H2,1-4H3,(H,15,19)/t8-,10-,11+,12+/m1/s1. The second-order valence-electron chi connectivity index (χ2n) is 5.47. The number of β-amino-alcohol motifs (C(OH)–C–C–N with tert-alkyl or cyclic N) is 1. The summed E-state index contributed by atoms with van der Waals surface area (Å²) in [6.45, 7) is 5.24. The molecule has 1 aliphatic rings. The van der Waals surface area contributed by atoms with E-state index in [0.717, 1.165) is 0 Å². The predicted molar refractivity (Wildman–Crippen MR) is 75.2 cm³/mol. The number of likely N-dealkylation sites (tertiary alicyclic amines) is 1. The Morgan fingerprint density at radius 1 is 1.43 bits per heavy atom. The van der Waals surface area contributed by atoms with Crippen LogP contribution in [0, 0.1) is 5.92 Å². The summed E-state index contributed by atoms with van der Waals surface area (Å²) >= 11 is 0. The van der Waals surface area contributed by atoms with Crippen molar-refractivity contribution >= 4 is 17.8 Å². The fourth-order valence-electron chi connectivity index (χ4n) is 2.46. The lowest BCUT2D eigenvalue weighted by Gasteiger charge is -2.26. The number of aliphatic hydroxyl groups is 1. The molecule has 0 spiro atoms. The van der Waals surface area contributed by atoms with Crippen molar-refractivity contribution < 1.29 is 24.2 Å². The number of amides is 2. The third-order valence-corrected chi connectivity index (χ3v) is 3.95. The summed E-state index contributed by atoms with van der Waals surface area (Å²) < 4.78 is 4.71. The van der Waals surface area contributed by atoms with Gasteiger partial charge in [-0.15, -0.1) is 0 Å². The Balaban J connectivity index is 2.81. The number of hydrogen-bond donors (Lipinski definition) is 2. The average Bonchev–Trinajstić information content (AvgIpc) is 2.85. The maximum absolute atomic E-state index is 12.3. The molecule has 120 valence electrons. The molecule has 1 rings (SSSR count). The van der Waals surface area contributed by atoms with Crippen LogP contribution in [0.2, 0.25) is 0 Å². The quantitative estimate of drug-likeness (QED) is 0.678. The van der Waals surface area contributed by atoms with E-state index in [2.05, 4.69) is 5.32 Å². The SMILES string of the molecule is CC[C@@H](C)[C@H](NC(=O)[C@@H]1C[C@@H](O)CN1C(C)=O)C(=O)OC. The smallest absolute Gasteiger partial charge is 0.328 e. The van der Waals surface area contributed by atoms with Gasteiger partial charge in [-0.05, 0) is 5.92 Å². The maximum atomic E-state index is 12.3. The third kappa shape index (κ3) is 4.17. The van der Waals surface area contributed by atoms with Gasteiger partial charge in [-0.3, -0.25) is 9.59 Å². The molecule has 0 radical (unpaired) electrons. The summed E-state index contributed by atoms with van der Waals surface area (Å²) in [4.78, 5) is 36.9. The van der Waals surface area contributed by atoms with Crippen LogP contribution in [-0.4, -0.2) is 59.6 Å². The Hall–Kier alpha value is -1.63. The molecule has 7 nitrogen and oxygen atoms in total. The second-order valence-corrected chi connectivity index (χ2v) is 5.47. The van der Waals surface area contributed by atoms with Crippen molar-refractivity contribution in [3.05, 3.63) is 0 Å². The van der Waals surface area contributed by atoms with Crippen LogP contribution >= 0.6 is 0 Å². The van der Waals surface area contributed by atoms with Crippen molar-refractivity contribution in [1.82, 2.24) is 10.2 Å². The Bertz CT molecular complexity index is 412. The van der Waals surface area contributed by atoms with Crippen molar-refractivity contribution in [1.29, 1.82) is 0 Å². The molecule has 2 amide bonds.